The number of hydrogen-bond acceptors (Lipinski definition) is 8. The Balaban J connectivity index is 1.69. The summed E-state index contributed by atoms with van der Waals surface area (Å²) in [5.74, 6) is 0.00168. The topological polar surface area (TPSA) is 97.8 Å². The van der Waals surface area contributed by atoms with Gasteiger partial charge < -0.3 is 29.0 Å². The Morgan fingerprint density at radius 3 is 2.30 bits per heavy atom. The van der Waals surface area contributed by atoms with Crippen LogP contribution in [0.2, 0.25) is 0 Å². The number of carbonyl (C=O) groups excluding carboxylic acids is 2. The van der Waals surface area contributed by atoms with Crippen molar-refractivity contribution >= 4 is 28.8 Å². The first-order valence-corrected chi connectivity index (χ1v) is 11.5. The molecule has 9 nitrogen and oxygen atoms in total. The number of carbonyl (C=O) groups is 2. The molecule has 0 radical (unpaired) electrons. The normalized spacial score (nSPS) is 17.7. The van der Waals surface area contributed by atoms with Gasteiger partial charge in [0.05, 0.1) is 25.8 Å². The van der Waals surface area contributed by atoms with Gasteiger partial charge in [-0.15, -0.1) is 0 Å². The Bertz CT molecular complexity index is 1410. The monoisotopic (exact) mass is 502 g/mol. The van der Waals surface area contributed by atoms with Crippen LogP contribution in [0.3, 0.4) is 0 Å². The number of methoxy groups -OCH3 is 2. The number of ketones is 1. The lowest BCUT2D eigenvalue weighted by Gasteiger charge is -2.26. The van der Waals surface area contributed by atoms with Crippen LogP contribution in [0.15, 0.2) is 66.2 Å². The van der Waals surface area contributed by atoms with Crippen molar-refractivity contribution in [1.82, 2.24) is 0 Å². The van der Waals surface area contributed by atoms with Gasteiger partial charge in [0.15, 0.2) is 23.0 Å². The lowest BCUT2D eigenvalue weighted by molar-refractivity contribution is -0.132. The van der Waals surface area contributed by atoms with E-state index >= 15 is 0 Å². The number of Topliss-reactive ketones (excluding diaryl/α,β-unsaturated/α-hetero) is 1. The van der Waals surface area contributed by atoms with E-state index in [9.17, 15) is 14.7 Å². The molecule has 0 aromatic heterocycles. The van der Waals surface area contributed by atoms with E-state index in [4.69, 9.17) is 18.9 Å². The molecule has 0 spiro atoms. The predicted molar refractivity (Wildman–Crippen MR) is 138 cm³/mol. The molecule has 0 bridgehead atoms. The number of fused-ring (bicyclic) bond motifs is 1. The van der Waals surface area contributed by atoms with Crippen LogP contribution in [0.4, 0.5) is 11.4 Å². The highest BCUT2D eigenvalue weighted by molar-refractivity contribution is 6.51. The summed E-state index contributed by atoms with van der Waals surface area (Å²) in [6, 6.07) is 16.4. The van der Waals surface area contributed by atoms with E-state index in [-0.39, 0.29) is 18.1 Å². The summed E-state index contributed by atoms with van der Waals surface area (Å²) in [7, 11) is 6.85. The zero-order valence-corrected chi connectivity index (χ0v) is 20.8. The Hall–Kier alpha value is -4.66. The number of aliphatic hydroxyl groups excluding tert-OH is 1. The highest BCUT2D eigenvalue weighted by atomic mass is 16.7. The highest BCUT2D eigenvalue weighted by Crippen LogP contribution is 2.45. The first-order chi connectivity index (χ1) is 17.8. The third-order valence-corrected chi connectivity index (χ3v) is 6.46. The lowest BCUT2D eigenvalue weighted by Crippen LogP contribution is -2.29. The van der Waals surface area contributed by atoms with Gasteiger partial charge in [0.25, 0.3) is 11.7 Å². The van der Waals surface area contributed by atoms with Crippen molar-refractivity contribution in [3.05, 3.63) is 77.4 Å². The molecule has 5 rings (SSSR count). The van der Waals surface area contributed by atoms with E-state index in [0.29, 0.717) is 39.8 Å². The first-order valence-electron chi connectivity index (χ1n) is 11.5. The number of anilines is 2. The van der Waals surface area contributed by atoms with Gasteiger partial charge >= 0.3 is 0 Å². The Labute approximate surface area is 214 Å². The number of hydrogen-bond donors (Lipinski definition) is 1. The third kappa shape index (κ3) is 4.08. The van der Waals surface area contributed by atoms with Crippen LogP contribution >= 0.6 is 0 Å². The van der Waals surface area contributed by atoms with Crippen molar-refractivity contribution in [3.63, 3.8) is 0 Å². The molecular formula is C28H26N2O7. The largest absolute Gasteiger partial charge is 0.507 e. The van der Waals surface area contributed by atoms with E-state index in [1.54, 1.807) is 36.4 Å². The molecule has 1 atom stereocenters. The SMILES string of the molecule is COc1ccc(N2C(=O)C(=O)/C(=C(\O)c3ccc4c(c3)OCO4)C2c2ccc(N(C)C)cc2)cc1OC. The van der Waals surface area contributed by atoms with Gasteiger partial charge in [-0.3, -0.25) is 14.5 Å². The fraction of sp³-hybridized carbons (Fsp3) is 0.214. The maximum absolute atomic E-state index is 13.5. The van der Waals surface area contributed by atoms with E-state index in [1.165, 1.54) is 19.1 Å². The molecule has 1 saturated heterocycles. The third-order valence-electron chi connectivity index (χ3n) is 6.46. The number of benzene rings is 3. The molecule has 1 unspecified atom stereocenters. The van der Waals surface area contributed by atoms with Crippen LogP contribution < -0.4 is 28.7 Å². The van der Waals surface area contributed by atoms with Crippen molar-refractivity contribution in [2.75, 3.05) is 44.9 Å². The summed E-state index contributed by atoms with van der Waals surface area (Å²) < 4.78 is 21.6. The molecule has 37 heavy (non-hydrogen) atoms. The van der Waals surface area contributed by atoms with Crippen LogP contribution in [0, 0.1) is 0 Å². The summed E-state index contributed by atoms with van der Waals surface area (Å²) in [6.45, 7) is 0.0709. The van der Waals surface area contributed by atoms with Gasteiger partial charge in [-0.2, -0.15) is 0 Å². The number of aliphatic hydroxyl groups is 1. The first kappa shape index (κ1) is 24.1. The van der Waals surface area contributed by atoms with Crippen molar-refractivity contribution in [1.29, 1.82) is 0 Å². The summed E-state index contributed by atoms with van der Waals surface area (Å²) in [6.07, 6.45) is 0. The Kier molecular flexibility index (Phi) is 6.12. The zero-order valence-electron chi connectivity index (χ0n) is 20.8. The van der Waals surface area contributed by atoms with Crippen molar-refractivity contribution in [2.45, 2.75) is 6.04 Å². The molecule has 1 fully saturated rings. The predicted octanol–water partition coefficient (Wildman–Crippen LogP) is 4.12. The molecule has 9 heteroatoms. The summed E-state index contributed by atoms with van der Waals surface area (Å²) in [5, 5.41) is 11.4. The van der Waals surface area contributed by atoms with Crippen molar-refractivity contribution < 1.29 is 33.6 Å². The smallest absolute Gasteiger partial charge is 0.300 e. The summed E-state index contributed by atoms with van der Waals surface area (Å²) in [5.41, 5.74) is 2.33. The summed E-state index contributed by atoms with van der Waals surface area (Å²) in [4.78, 5) is 30.2. The molecule has 2 aliphatic rings. The van der Waals surface area contributed by atoms with Crippen LogP contribution in [-0.4, -0.2) is 51.9 Å². The molecule has 3 aromatic rings. The molecule has 0 saturated carbocycles. The Morgan fingerprint density at radius 1 is 0.919 bits per heavy atom. The second kappa shape index (κ2) is 9.42. The molecular weight excluding hydrogens is 476 g/mol. The van der Waals surface area contributed by atoms with Gasteiger partial charge in [0, 0.05) is 37.1 Å². The van der Waals surface area contributed by atoms with Crippen molar-refractivity contribution in [2.24, 2.45) is 0 Å². The average Bonchev–Trinajstić information content (AvgIpc) is 3.49. The van der Waals surface area contributed by atoms with Gasteiger partial charge in [-0.25, -0.2) is 0 Å². The lowest BCUT2D eigenvalue weighted by atomic mass is 9.94. The van der Waals surface area contributed by atoms with Crippen LogP contribution in [-0.2, 0) is 9.59 Å². The zero-order chi connectivity index (χ0) is 26.3. The quantitative estimate of drug-likeness (QED) is 0.305. The minimum absolute atomic E-state index is 0.0312. The standard InChI is InChI=1S/C28H26N2O7/c1-29(2)18-8-5-16(6-9-18)25-24(26(31)17-7-11-21-23(13-17)37-15-36-21)27(32)28(33)30(25)19-10-12-20(34-3)22(14-19)35-4/h5-14,25,31H,15H2,1-4H3/b26-24-. The molecule has 190 valence electrons. The molecule has 1 amide bonds. The average molecular weight is 503 g/mol. The molecule has 0 aliphatic carbocycles. The van der Waals surface area contributed by atoms with Gasteiger partial charge in [-0.1, -0.05) is 12.1 Å². The van der Waals surface area contributed by atoms with Gasteiger partial charge in [-0.05, 0) is 48.0 Å². The number of ether oxygens (including phenoxy) is 4. The minimum atomic E-state index is -0.889. The van der Waals surface area contributed by atoms with Crippen LogP contribution in [0.5, 0.6) is 23.0 Å². The van der Waals surface area contributed by atoms with Crippen LogP contribution in [0.1, 0.15) is 17.2 Å². The minimum Gasteiger partial charge on any atom is -0.507 e. The van der Waals surface area contributed by atoms with Crippen LogP contribution in [0.25, 0.3) is 5.76 Å². The maximum atomic E-state index is 13.5. The summed E-state index contributed by atoms with van der Waals surface area (Å²) >= 11 is 0. The van der Waals surface area contributed by atoms with E-state index < -0.39 is 17.7 Å². The second-order valence-corrected chi connectivity index (χ2v) is 8.76. The van der Waals surface area contributed by atoms with E-state index in [2.05, 4.69) is 0 Å². The fourth-order valence-electron chi connectivity index (χ4n) is 4.54. The van der Waals surface area contributed by atoms with Crippen molar-refractivity contribution in [3.8, 4) is 23.0 Å². The number of nitrogens with zero attached hydrogens (tertiary/aromatic N) is 2. The number of rotatable bonds is 6. The molecule has 2 heterocycles. The molecule has 3 aromatic carbocycles. The maximum Gasteiger partial charge on any atom is 0.300 e. The fourth-order valence-corrected chi connectivity index (χ4v) is 4.54. The molecule has 1 N–H and O–H groups in total. The highest BCUT2D eigenvalue weighted by Gasteiger charge is 2.47. The van der Waals surface area contributed by atoms with E-state index in [0.717, 1.165) is 5.69 Å². The molecule has 2 aliphatic heterocycles. The van der Waals surface area contributed by atoms with E-state index in [1.807, 2.05) is 43.3 Å². The Morgan fingerprint density at radius 2 is 1.62 bits per heavy atom. The second-order valence-electron chi connectivity index (χ2n) is 8.76. The number of amides is 1. The van der Waals surface area contributed by atoms with Gasteiger partial charge in [0.2, 0.25) is 6.79 Å². The van der Waals surface area contributed by atoms with Gasteiger partial charge in [0.1, 0.15) is 5.76 Å².